The lowest BCUT2D eigenvalue weighted by molar-refractivity contribution is 0.0526. The number of hydrogen-bond acceptors (Lipinski definition) is 4. The highest BCUT2D eigenvalue weighted by Gasteiger charge is 2.16. The Kier molecular flexibility index (Phi) is 19.4. The Bertz CT molecular complexity index is 564. The summed E-state index contributed by atoms with van der Waals surface area (Å²) >= 11 is 0. The number of nitrogens with one attached hydrogen (secondary N) is 2. The van der Waals surface area contributed by atoms with Crippen molar-refractivity contribution in [2.75, 3.05) is 32.7 Å². The summed E-state index contributed by atoms with van der Waals surface area (Å²) in [5, 5.41) is 15.9. The minimum Gasteiger partial charge on any atom is -0.465 e. The van der Waals surface area contributed by atoms with Gasteiger partial charge in [0.05, 0.1) is 0 Å². The molecule has 0 saturated heterocycles. The average Bonchev–Trinajstić information content (AvgIpc) is 2.83. The Morgan fingerprint density at radius 1 is 0.757 bits per heavy atom. The van der Waals surface area contributed by atoms with Crippen LogP contribution in [0.4, 0.5) is 9.59 Å². The van der Waals surface area contributed by atoms with Crippen molar-refractivity contribution >= 4 is 12.2 Å². The van der Waals surface area contributed by atoms with Crippen LogP contribution in [0.25, 0.3) is 0 Å². The minimum absolute atomic E-state index is 0.423. The van der Waals surface area contributed by atoms with Crippen molar-refractivity contribution in [1.82, 2.24) is 15.5 Å². The number of carbonyl (C=O) groups is 2. The van der Waals surface area contributed by atoms with Crippen LogP contribution in [0.3, 0.4) is 0 Å². The molecule has 7 nitrogen and oxygen atoms in total. The van der Waals surface area contributed by atoms with Crippen molar-refractivity contribution in [2.24, 2.45) is 5.92 Å². The van der Waals surface area contributed by atoms with Crippen molar-refractivity contribution in [2.45, 2.75) is 142 Å². The van der Waals surface area contributed by atoms with Gasteiger partial charge in [-0.2, -0.15) is 0 Å². The van der Waals surface area contributed by atoms with Gasteiger partial charge in [-0.3, -0.25) is 0 Å². The molecular weight excluding hydrogens is 466 g/mol. The Morgan fingerprint density at radius 3 is 1.68 bits per heavy atom. The number of nitrogens with zero attached hydrogens (tertiary/aromatic N) is 1. The molecule has 0 heterocycles. The van der Waals surface area contributed by atoms with Crippen molar-refractivity contribution in [3.05, 3.63) is 0 Å². The monoisotopic (exact) mass is 525 g/mol. The summed E-state index contributed by atoms with van der Waals surface area (Å²) in [7, 11) is 0. The van der Waals surface area contributed by atoms with Crippen LogP contribution >= 0.6 is 0 Å². The molecule has 1 aliphatic rings. The fraction of sp³-hybridized carbons (Fsp3) is 0.933. The van der Waals surface area contributed by atoms with Crippen LogP contribution in [-0.2, 0) is 4.74 Å². The molecule has 0 atom stereocenters. The fourth-order valence-corrected chi connectivity index (χ4v) is 5.08. The lowest BCUT2D eigenvalue weighted by Gasteiger charge is -2.21. The van der Waals surface area contributed by atoms with Gasteiger partial charge in [-0.1, -0.05) is 77.0 Å². The topological polar surface area (TPSA) is 90.9 Å². The molecule has 0 spiro atoms. The normalized spacial score (nSPS) is 17.4. The first kappa shape index (κ1) is 33.5. The molecule has 3 N–H and O–H groups in total. The molecule has 7 heteroatoms. The summed E-state index contributed by atoms with van der Waals surface area (Å²) in [6, 6.07) is 0. The van der Waals surface area contributed by atoms with Gasteiger partial charge in [-0.15, -0.1) is 0 Å². The van der Waals surface area contributed by atoms with Crippen molar-refractivity contribution in [3.63, 3.8) is 0 Å². The Hall–Kier alpha value is -1.50. The summed E-state index contributed by atoms with van der Waals surface area (Å²) in [4.78, 5) is 24.8. The summed E-state index contributed by atoms with van der Waals surface area (Å²) < 4.78 is 5.21. The van der Waals surface area contributed by atoms with Gasteiger partial charge in [0.25, 0.3) is 0 Å². The van der Waals surface area contributed by atoms with Gasteiger partial charge in [0, 0.05) is 19.6 Å². The van der Waals surface area contributed by atoms with Gasteiger partial charge in [0.1, 0.15) is 5.60 Å². The lowest BCUT2D eigenvalue weighted by atomic mass is 9.94. The number of ether oxygens (including phenoxy) is 1. The van der Waals surface area contributed by atoms with Crippen molar-refractivity contribution < 1.29 is 19.4 Å². The SMILES string of the molecule is CC(C)(C)OC(=O)NCCCCN(CCCCNCC1CCCCCCCCCCCCCC1)C(=O)O. The zero-order chi connectivity index (χ0) is 27.2. The molecule has 2 amide bonds. The van der Waals surface area contributed by atoms with Gasteiger partial charge >= 0.3 is 12.2 Å². The summed E-state index contributed by atoms with van der Waals surface area (Å²) in [5.41, 5.74) is -0.510. The lowest BCUT2D eigenvalue weighted by Crippen LogP contribution is -2.34. The van der Waals surface area contributed by atoms with Crippen LogP contribution < -0.4 is 10.6 Å². The van der Waals surface area contributed by atoms with Gasteiger partial charge in [0.15, 0.2) is 0 Å². The van der Waals surface area contributed by atoms with E-state index in [4.69, 9.17) is 4.74 Å². The van der Waals surface area contributed by atoms with E-state index in [0.717, 1.165) is 44.7 Å². The van der Waals surface area contributed by atoms with E-state index in [-0.39, 0.29) is 0 Å². The maximum atomic E-state index is 11.7. The zero-order valence-electron chi connectivity index (χ0n) is 24.5. The number of carboxylic acid groups (broad SMARTS) is 1. The molecular formula is C30H59N3O4. The molecule has 1 fully saturated rings. The number of rotatable bonds is 12. The quantitative estimate of drug-likeness (QED) is 0.227. The minimum atomic E-state index is -0.858. The van der Waals surface area contributed by atoms with E-state index >= 15 is 0 Å². The zero-order valence-corrected chi connectivity index (χ0v) is 24.5. The molecule has 1 saturated carbocycles. The second kappa shape index (κ2) is 21.4. The van der Waals surface area contributed by atoms with E-state index < -0.39 is 17.8 Å². The third kappa shape index (κ3) is 21.2. The van der Waals surface area contributed by atoms with Crippen LogP contribution in [0.1, 0.15) is 136 Å². The molecule has 1 rings (SSSR count). The first-order valence-corrected chi connectivity index (χ1v) is 15.4. The van der Waals surface area contributed by atoms with Gasteiger partial charge in [-0.25, -0.2) is 9.59 Å². The summed E-state index contributed by atoms with van der Waals surface area (Å²) in [5.74, 6) is 0.787. The van der Waals surface area contributed by atoms with Crippen molar-refractivity contribution in [1.29, 1.82) is 0 Å². The first-order chi connectivity index (χ1) is 17.8. The molecule has 218 valence electrons. The van der Waals surface area contributed by atoms with E-state index in [0.29, 0.717) is 19.6 Å². The van der Waals surface area contributed by atoms with Crippen LogP contribution in [0.15, 0.2) is 0 Å². The largest absolute Gasteiger partial charge is 0.465 e. The standard InChI is InChI=1S/C30H59N3O4/c1-30(2,3)37-28(34)32-23-17-19-25-33(29(35)36)24-18-16-22-31-26-27-20-14-12-10-8-6-4-5-7-9-11-13-15-21-27/h27,31H,4-26H2,1-3H3,(H,32,34)(H,35,36). The highest BCUT2D eigenvalue weighted by atomic mass is 16.6. The number of hydrogen-bond donors (Lipinski definition) is 3. The van der Waals surface area contributed by atoms with Gasteiger partial charge in [-0.05, 0) is 78.3 Å². The molecule has 0 aliphatic heterocycles. The number of unbranched alkanes of at least 4 members (excludes halogenated alkanes) is 2. The predicted molar refractivity (Wildman–Crippen MR) is 153 cm³/mol. The van der Waals surface area contributed by atoms with Crippen LogP contribution in [-0.4, -0.2) is 60.5 Å². The first-order valence-electron chi connectivity index (χ1n) is 15.4. The van der Waals surface area contributed by atoms with E-state index in [2.05, 4.69) is 10.6 Å². The molecule has 37 heavy (non-hydrogen) atoms. The maximum absolute atomic E-state index is 11.7. The highest BCUT2D eigenvalue weighted by molar-refractivity contribution is 5.67. The Balaban J connectivity index is 2.17. The van der Waals surface area contributed by atoms with E-state index in [1.165, 1.54) is 94.8 Å². The van der Waals surface area contributed by atoms with Gasteiger partial charge < -0.3 is 25.4 Å². The summed E-state index contributed by atoms with van der Waals surface area (Å²) in [6.07, 6.45) is 21.6. The molecule has 1 aliphatic carbocycles. The highest BCUT2D eigenvalue weighted by Crippen LogP contribution is 2.20. The molecule has 0 radical (unpaired) electrons. The molecule has 0 aromatic heterocycles. The van der Waals surface area contributed by atoms with Crippen LogP contribution in [0.5, 0.6) is 0 Å². The second-order valence-corrected chi connectivity index (χ2v) is 12.0. The van der Waals surface area contributed by atoms with Gasteiger partial charge in [0.2, 0.25) is 0 Å². The average molecular weight is 526 g/mol. The maximum Gasteiger partial charge on any atom is 0.407 e. The number of alkyl carbamates (subject to hydrolysis) is 1. The van der Waals surface area contributed by atoms with Crippen LogP contribution in [0.2, 0.25) is 0 Å². The summed E-state index contributed by atoms with van der Waals surface area (Å²) in [6.45, 7) is 9.12. The third-order valence-electron chi connectivity index (χ3n) is 7.23. The fourth-order valence-electron chi connectivity index (χ4n) is 5.08. The van der Waals surface area contributed by atoms with Crippen LogP contribution in [0, 0.1) is 5.92 Å². The number of carbonyl (C=O) groups excluding carboxylic acids is 1. The molecule has 0 bridgehead atoms. The number of amides is 2. The van der Waals surface area contributed by atoms with E-state index in [9.17, 15) is 14.7 Å². The predicted octanol–water partition coefficient (Wildman–Crippen LogP) is 7.73. The molecule has 0 unspecified atom stereocenters. The second-order valence-electron chi connectivity index (χ2n) is 12.0. The van der Waals surface area contributed by atoms with Crippen molar-refractivity contribution in [3.8, 4) is 0 Å². The Labute approximate surface area is 227 Å². The van der Waals surface area contributed by atoms with E-state index in [1.807, 2.05) is 20.8 Å². The Morgan fingerprint density at radius 2 is 1.22 bits per heavy atom. The third-order valence-corrected chi connectivity index (χ3v) is 7.23. The molecule has 0 aromatic rings. The van der Waals surface area contributed by atoms with E-state index in [1.54, 1.807) is 0 Å². The smallest absolute Gasteiger partial charge is 0.407 e. The molecule has 0 aromatic carbocycles.